The molecule has 4 N–H and O–H groups in total. The number of morpholine rings is 1. The Morgan fingerprint density at radius 3 is 2.56 bits per heavy atom. The minimum Gasteiger partial charge on any atom is -0.496 e. The second kappa shape index (κ2) is 8.90. The molecule has 0 aromatic heterocycles. The highest BCUT2D eigenvalue weighted by Crippen LogP contribution is 2.24. The lowest BCUT2D eigenvalue weighted by Gasteiger charge is -2.26. The smallest absolute Gasteiger partial charge is 0.123 e. The molecule has 0 spiro atoms. The van der Waals surface area contributed by atoms with Crippen molar-refractivity contribution in [3.05, 3.63) is 65.4 Å². The van der Waals surface area contributed by atoms with E-state index in [2.05, 4.69) is 17.0 Å². The van der Waals surface area contributed by atoms with Gasteiger partial charge in [0, 0.05) is 31.9 Å². The molecular formula is C21H28N4O2. The Morgan fingerprint density at radius 2 is 1.89 bits per heavy atom. The minimum atomic E-state index is 0.606. The summed E-state index contributed by atoms with van der Waals surface area (Å²) in [5, 5.41) is 1.51. The molecule has 3 rings (SSSR count). The fourth-order valence-electron chi connectivity index (χ4n) is 3.09. The number of hydrogen-bond acceptors (Lipinski definition) is 6. The third-order valence-corrected chi connectivity index (χ3v) is 4.77. The summed E-state index contributed by atoms with van der Waals surface area (Å²) >= 11 is 0. The van der Waals surface area contributed by atoms with Gasteiger partial charge in [-0.1, -0.05) is 30.3 Å². The summed E-state index contributed by atoms with van der Waals surface area (Å²) < 4.78 is 10.7. The molecule has 0 unspecified atom stereocenters. The summed E-state index contributed by atoms with van der Waals surface area (Å²) in [6.45, 7) is 6.50. The first-order valence-corrected chi connectivity index (χ1v) is 9.12. The van der Waals surface area contributed by atoms with Gasteiger partial charge in [0.25, 0.3) is 0 Å². The van der Waals surface area contributed by atoms with Gasteiger partial charge in [-0.25, -0.2) is 5.84 Å². The Kier molecular flexibility index (Phi) is 6.34. The van der Waals surface area contributed by atoms with Gasteiger partial charge >= 0.3 is 0 Å². The molecule has 2 aromatic carbocycles. The van der Waals surface area contributed by atoms with Crippen LogP contribution in [0, 0.1) is 6.92 Å². The molecule has 1 aliphatic rings. The predicted molar refractivity (Wildman–Crippen MR) is 109 cm³/mol. The molecule has 0 atom stereocenters. The quantitative estimate of drug-likeness (QED) is 0.603. The molecule has 1 saturated heterocycles. The van der Waals surface area contributed by atoms with Crippen LogP contribution in [0.3, 0.4) is 0 Å². The van der Waals surface area contributed by atoms with Crippen molar-refractivity contribution in [2.75, 3.05) is 38.4 Å². The maximum atomic E-state index is 6.25. The average molecular weight is 368 g/mol. The standard InChI is InChI=1S/C21H28N4O2/c1-16-3-8-19(13-21(16)26-2)25(23)15-20(22)18-6-4-17(5-7-18)14-24-9-11-27-12-10-24/h3-8,13,15H,9-12,14,22-23H2,1-2H3/b20-15-. The molecule has 144 valence electrons. The lowest BCUT2D eigenvalue weighted by Crippen LogP contribution is -2.35. The van der Waals surface area contributed by atoms with E-state index in [4.69, 9.17) is 21.1 Å². The molecular weight excluding hydrogens is 340 g/mol. The van der Waals surface area contributed by atoms with Crippen molar-refractivity contribution in [2.45, 2.75) is 13.5 Å². The summed E-state index contributed by atoms with van der Waals surface area (Å²) in [6.07, 6.45) is 1.72. The normalized spacial score (nSPS) is 15.6. The molecule has 1 heterocycles. The Balaban J connectivity index is 1.67. The van der Waals surface area contributed by atoms with Gasteiger partial charge in [-0.15, -0.1) is 0 Å². The third-order valence-electron chi connectivity index (χ3n) is 4.77. The first kappa shape index (κ1) is 19.2. The Morgan fingerprint density at radius 1 is 1.19 bits per heavy atom. The minimum absolute atomic E-state index is 0.606. The zero-order chi connectivity index (χ0) is 19.2. The topological polar surface area (TPSA) is 77.0 Å². The van der Waals surface area contributed by atoms with E-state index in [1.54, 1.807) is 13.3 Å². The Labute approximate surface area is 160 Å². The van der Waals surface area contributed by atoms with Crippen molar-refractivity contribution in [3.8, 4) is 5.75 Å². The summed E-state index contributed by atoms with van der Waals surface area (Å²) in [6, 6.07) is 14.1. The molecule has 0 bridgehead atoms. The molecule has 6 heteroatoms. The molecule has 6 nitrogen and oxygen atoms in total. The van der Waals surface area contributed by atoms with E-state index in [1.165, 1.54) is 10.6 Å². The second-order valence-electron chi connectivity index (χ2n) is 6.73. The van der Waals surface area contributed by atoms with Crippen molar-refractivity contribution in [2.24, 2.45) is 11.6 Å². The highest BCUT2D eigenvalue weighted by atomic mass is 16.5. The maximum Gasteiger partial charge on any atom is 0.123 e. The van der Waals surface area contributed by atoms with Crippen LogP contribution < -0.4 is 21.3 Å². The van der Waals surface area contributed by atoms with Gasteiger partial charge in [-0.2, -0.15) is 0 Å². The van der Waals surface area contributed by atoms with E-state index < -0.39 is 0 Å². The first-order valence-electron chi connectivity index (χ1n) is 9.12. The fourth-order valence-corrected chi connectivity index (χ4v) is 3.09. The number of rotatable bonds is 6. The van der Waals surface area contributed by atoms with Crippen LogP contribution in [0.1, 0.15) is 16.7 Å². The number of anilines is 1. The number of hydrogen-bond donors (Lipinski definition) is 2. The lowest BCUT2D eigenvalue weighted by atomic mass is 10.1. The van der Waals surface area contributed by atoms with E-state index >= 15 is 0 Å². The number of nitrogens with two attached hydrogens (primary N) is 2. The molecule has 0 saturated carbocycles. The van der Waals surface area contributed by atoms with Crippen molar-refractivity contribution in [1.29, 1.82) is 0 Å². The van der Waals surface area contributed by atoms with Gasteiger partial charge in [0.05, 0.1) is 31.7 Å². The number of ether oxygens (including phenoxy) is 2. The largest absolute Gasteiger partial charge is 0.496 e. The molecule has 1 fully saturated rings. The van der Waals surface area contributed by atoms with E-state index in [-0.39, 0.29) is 0 Å². The predicted octanol–water partition coefficient (Wildman–Crippen LogP) is 2.47. The van der Waals surface area contributed by atoms with Crippen molar-refractivity contribution >= 4 is 11.4 Å². The van der Waals surface area contributed by atoms with Crippen molar-refractivity contribution < 1.29 is 9.47 Å². The molecule has 1 aliphatic heterocycles. The van der Waals surface area contributed by atoms with Gasteiger partial charge in [0.1, 0.15) is 5.75 Å². The summed E-state index contributed by atoms with van der Waals surface area (Å²) in [5.74, 6) is 6.96. The van der Waals surface area contributed by atoms with Crippen molar-refractivity contribution in [3.63, 3.8) is 0 Å². The highest BCUT2D eigenvalue weighted by molar-refractivity contribution is 5.67. The summed E-state index contributed by atoms with van der Waals surface area (Å²) in [4.78, 5) is 2.39. The van der Waals surface area contributed by atoms with Crippen LogP contribution in [-0.2, 0) is 11.3 Å². The number of benzene rings is 2. The lowest BCUT2D eigenvalue weighted by molar-refractivity contribution is 0.0342. The van der Waals surface area contributed by atoms with E-state index in [0.717, 1.165) is 55.4 Å². The molecule has 0 radical (unpaired) electrons. The van der Waals surface area contributed by atoms with Crippen LogP contribution in [0.25, 0.3) is 5.70 Å². The molecule has 0 amide bonds. The van der Waals surface area contributed by atoms with Gasteiger partial charge in [0.2, 0.25) is 0 Å². The van der Waals surface area contributed by atoms with Crippen LogP contribution in [0.5, 0.6) is 5.75 Å². The van der Waals surface area contributed by atoms with E-state index in [0.29, 0.717) is 5.70 Å². The van der Waals surface area contributed by atoms with E-state index in [1.807, 2.05) is 37.3 Å². The third kappa shape index (κ3) is 5.01. The molecule has 27 heavy (non-hydrogen) atoms. The maximum absolute atomic E-state index is 6.25. The zero-order valence-electron chi connectivity index (χ0n) is 16.0. The van der Waals surface area contributed by atoms with Crippen molar-refractivity contribution in [1.82, 2.24) is 4.90 Å². The van der Waals surface area contributed by atoms with Crippen LogP contribution >= 0.6 is 0 Å². The SMILES string of the molecule is COc1cc(N(N)/C=C(\N)c2ccc(CN3CCOCC3)cc2)ccc1C. The Hall–Kier alpha value is -2.54. The van der Waals surface area contributed by atoms with Gasteiger partial charge in [-0.05, 0) is 29.7 Å². The number of hydrazine groups is 1. The molecule has 0 aliphatic carbocycles. The summed E-state index contributed by atoms with van der Waals surface area (Å²) in [5.41, 5.74) is 10.9. The van der Waals surface area contributed by atoms with E-state index in [9.17, 15) is 0 Å². The average Bonchev–Trinajstić information content (AvgIpc) is 2.69. The number of nitrogens with zero attached hydrogens (tertiary/aromatic N) is 2. The molecule has 2 aromatic rings. The van der Waals surface area contributed by atoms with Gasteiger partial charge in [0.15, 0.2) is 0 Å². The Bertz CT molecular complexity index is 783. The van der Waals surface area contributed by atoms with Gasteiger partial charge < -0.3 is 15.2 Å². The zero-order valence-corrected chi connectivity index (χ0v) is 16.0. The number of aryl methyl sites for hydroxylation is 1. The number of methoxy groups -OCH3 is 1. The van der Waals surface area contributed by atoms with Crippen LogP contribution in [-0.4, -0.2) is 38.3 Å². The fraction of sp³-hybridized carbons (Fsp3) is 0.333. The summed E-state index contributed by atoms with van der Waals surface area (Å²) in [7, 11) is 1.65. The van der Waals surface area contributed by atoms with Gasteiger partial charge in [-0.3, -0.25) is 9.91 Å². The first-order chi connectivity index (χ1) is 13.1. The monoisotopic (exact) mass is 368 g/mol. The van der Waals surface area contributed by atoms with Crippen LogP contribution in [0.4, 0.5) is 5.69 Å². The van der Waals surface area contributed by atoms with Crippen LogP contribution in [0.2, 0.25) is 0 Å². The second-order valence-corrected chi connectivity index (χ2v) is 6.73. The van der Waals surface area contributed by atoms with Crippen LogP contribution in [0.15, 0.2) is 48.7 Å². The highest BCUT2D eigenvalue weighted by Gasteiger charge is 2.11.